The molecule has 2 N–H and O–H groups in total. The Morgan fingerprint density at radius 3 is 2.47 bits per heavy atom. The lowest BCUT2D eigenvalue weighted by molar-refractivity contribution is 0.420. The topological polar surface area (TPSA) is 58.2 Å². The van der Waals surface area contributed by atoms with Crippen molar-refractivity contribution in [2.75, 3.05) is 25.9 Å². The molecule has 2 atom stereocenters. The molecule has 106 valence electrons. The van der Waals surface area contributed by atoms with Crippen molar-refractivity contribution in [3.8, 4) is 0 Å². The maximum absolute atomic E-state index is 11.3. The predicted octanol–water partition coefficient (Wildman–Crippen LogP) is 1.04. The lowest BCUT2D eigenvalue weighted by atomic mass is 9.98. The average molecular weight is 282 g/mol. The van der Waals surface area contributed by atoms with E-state index in [4.69, 9.17) is 0 Å². The van der Waals surface area contributed by atoms with Crippen molar-refractivity contribution in [2.45, 2.75) is 18.4 Å². The smallest absolute Gasteiger partial charge is 0.175 e. The van der Waals surface area contributed by atoms with Crippen molar-refractivity contribution in [2.24, 2.45) is 11.8 Å². The van der Waals surface area contributed by atoms with Crippen LogP contribution in [0.4, 0.5) is 0 Å². The van der Waals surface area contributed by atoms with Crippen molar-refractivity contribution in [1.82, 2.24) is 10.6 Å². The van der Waals surface area contributed by atoms with Crippen LogP contribution in [0.2, 0.25) is 0 Å². The van der Waals surface area contributed by atoms with Crippen molar-refractivity contribution >= 4 is 9.84 Å². The van der Waals surface area contributed by atoms with Gasteiger partial charge in [0.15, 0.2) is 9.84 Å². The van der Waals surface area contributed by atoms with Crippen LogP contribution in [0.25, 0.3) is 0 Å². The molecule has 19 heavy (non-hydrogen) atoms. The average Bonchev–Trinajstić information content (AvgIpc) is 2.75. The Hall–Kier alpha value is -0.910. The van der Waals surface area contributed by atoms with E-state index in [9.17, 15) is 8.42 Å². The van der Waals surface area contributed by atoms with E-state index in [1.807, 2.05) is 12.1 Å². The minimum absolute atomic E-state index is 0.380. The quantitative estimate of drug-likeness (QED) is 0.847. The summed E-state index contributed by atoms with van der Waals surface area (Å²) in [5, 5.41) is 6.83. The van der Waals surface area contributed by atoms with Crippen molar-refractivity contribution < 1.29 is 8.42 Å². The molecule has 0 unspecified atom stereocenters. The van der Waals surface area contributed by atoms with Gasteiger partial charge >= 0.3 is 0 Å². The molecular weight excluding hydrogens is 260 g/mol. The highest BCUT2D eigenvalue weighted by Crippen LogP contribution is 2.15. The Bertz CT molecular complexity index is 511. The van der Waals surface area contributed by atoms with Crippen molar-refractivity contribution in [3.05, 3.63) is 29.8 Å². The van der Waals surface area contributed by atoms with Crippen LogP contribution in [0, 0.1) is 11.8 Å². The molecule has 1 saturated heterocycles. The zero-order valence-corrected chi connectivity index (χ0v) is 12.3. The van der Waals surface area contributed by atoms with Gasteiger partial charge in [0.05, 0.1) is 4.90 Å². The standard InChI is InChI=1S/C14H22N2O2S/c1-11-7-15-9-13(11)10-16-8-12-3-5-14(6-4-12)19(2,17)18/h3-6,11,13,15-16H,7-10H2,1-2H3/t11-,13+/m1/s1. The number of sulfone groups is 1. The molecule has 0 radical (unpaired) electrons. The summed E-state index contributed by atoms with van der Waals surface area (Å²) in [5.41, 5.74) is 1.12. The number of nitrogens with one attached hydrogen (secondary N) is 2. The van der Waals surface area contributed by atoms with E-state index >= 15 is 0 Å². The van der Waals surface area contributed by atoms with E-state index in [2.05, 4.69) is 17.6 Å². The maximum atomic E-state index is 11.3. The fraction of sp³-hybridized carbons (Fsp3) is 0.571. The van der Waals surface area contributed by atoms with Gasteiger partial charge in [0.1, 0.15) is 0 Å². The van der Waals surface area contributed by atoms with Crippen LogP contribution < -0.4 is 10.6 Å². The SMILES string of the molecule is C[C@@H]1CNC[C@H]1CNCc1ccc(S(C)(=O)=O)cc1. The third-order valence-corrected chi connectivity index (χ3v) is 4.89. The monoisotopic (exact) mass is 282 g/mol. The molecular formula is C14H22N2O2S. The van der Waals surface area contributed by atoms with Crippen molar-refractivity contribution in [1.29, 1.82) is 0 Å². The van der Waals surface area contributed by atoms with E-state index < -0.39 is 9.84 Å². The minimum Gasteiger partial charge on any atom is -0.316 e. The van der Waals surface area contributed by atoms with Crippen LogP contribution in [0.1, 0.15) is 12.5 Å². The maximum Gasteiger partial charge on any atom is 0.175 e. The van der Waals surface area contributed by atoms with Crippen LogP contribution in [-0.2, 0) is 16.4 Å². The molecule has 0 aromatic heterocycles. The molecule has 1 aliphatic heterocycles. The van der Waals surface area contributed by atoms with E-state index in [0.29, 0.717) is 10.8 Å². The highest BCUT2D eigenvalue weighted by Gasteiger charge is 2.22. The van der Waals surface area contributed by atoms with Gasteiger partial charge in [0.25, 0.3) is 0 Å². The zero-order chi connectivity index (χ0) is 13.9. The van der Waals surface area contributed by atoms with Crippen LogP contribution in [0.3, 0.4) is 0 Å². The first-order valence-electron chi connectivity index (χ1n) is 6.67. The second-order valence-corrected chi connectivity index (χ2v) is 7.46. The Labute approximate surface area is 115 Å². The van der Waals surface area contributed by atoms with E-state index in [-0.39, 0.29) is 0 Å². The molecule has 4 nitrogen and oxygen atoms in total. The summed E-state index contributed by atoms with van der Waals surface area (Å²) in [5.74, 6) is 1.41. The van der Waals surface area contributed by atoms with E-state index in [0.717, 1.165) is 37.7 Å². The third kappa shape index (κ3) is 4.03. The van der Waals surface area contributed by atoms with Gasteiger partial charge in [-0.3, -0.25) is 0 Å². The molecule has 2 rings (SSSR count). The normalized spacial score (nSPS) is 23.7. The fourth-order valence-electron chi connectivity index (χ4n) is 2.39. The molecule has 0 bridgehead atoms. The predicted molar refractivity (Wildman–Crippen MR) is 76.8 cm³/mol. The summed E-state index contributed by atoms with van der Waals surface area (Å²) in [7, 11) is -3.09. The Balaban J connectivity index is 1.83. The van der Waals surface area contributed by atoms with Crippen LogP contribution in [-0.4, -0.2) is 34.3 Å². The first-order valence-corrected chi connectivity index (χ1v) is 8.56. The summed E-state index contributed by atoms with van der Waals surface area (Å²) in [6, 6.07) is 7.09. The summed E-state index contributed by atoms with van der Waals surface area (Å²) < 4.78 is 22.7. The molecule has 0 aliphatic carbocycles. The lowest BCUT2D eigenvalue weighted by Gasteiger charge is -2.15. The molecule has 1 fully saturated rings. The number of rotatable bonds is 5. The minimum atomic E-state index is -3.09. The summed E-state index contributed by atoms with van der Waals surface area (Å²) in [6.07, 6.45) is 1.23. The van der Waals surface area contributed by atoms with E-state index in [1.165, 1.54) is 6.26 Å². The Morgan fingerprint density at radius 1 is 1.26 bits per heavy atom. The Kier molecular flexibility index (Phi) is 4.60. The van der Waals surface area contributed by atoms with Gasteiger partial charge in [-0.05, 0) is 49.2 Å². The third-order valence-electron chi connectivity index (χ3n) is 3.76. The summed E-state index contributed by atoms with van der Waals surface area (Å²) in [4.78, 5) is 0.380. The van der Waals surface area contributed by atoms with Gasteiger partial charge in [0, 0.05) is 12.8 Å². The molecule has 1 aromatic carbocycles. The molecule has 1 heterocycles. The second-order valence-electron chi connectivity index (χ2n) is 5.44. The van der Waals surface area contributed by atoms with Crippen LogP contribution >= 0.6 is 0 Å². The molecule has 0 spiro atoms. The van der Waals surface area contributed by atoms with Gasteiger partial charge in [0.2, 0.25) is 0 Å². The van der Waals surface area contributed by atoms with Crippen molar-refractivity contribution in [3.63, 3.8) is 0 Å². The van der Waals surface area contributed by atoms with Crippen LogP contribution in [0.15, 0.2) is 29.2 Å². The van der Waals surface area contributed by atoms with Gasteiger partial charge in [-0.1, -0.05) is 19.1 Å². The first kappa shape index (κ1) is 14.5. The second kappa shape index (κ2) is 6.03. The number of hydrogen-bond acceptors (Lipinski definition) is 4. The molecule has 1 aliphatic rings. The largest absolute Gasteiger partial charge is 0.316 e. The first-order chi connectivity index (χ1) is 8.97. The number of hydrogen-bond donors (Lipinski definition) is 2. The highest BCUT2D eigenvalue weighted by atomic mass is 32.2. The molecule has 0 saturated carbocycles. The number of benzene rings is 1. The van der Waals surface area contributed by atoms with Gasteiger partial charge in [-0.15, -0.1) is 0 Å². The summed E-state index contributed by atoms with van der Waals surface area (Å²) in [6.45, 7) is 6.25. The lowest BCUT2D eigenvalue weighted by Crippen LogP contribution is -2.26. The molecule has 0 amide bonds. The highest BCUT2D eigenvalue weighted by molar-refractivity contribution is 7.90. The van der Waals surface area contributed by atoms with Gasteiger partial charge in [-0.2, -0.15) is 0 Å². The Morgan fingerprint density at radius 2 is 1.95 bits per heavy atom. The van der Waals surface area contributed by atoms with E-state index in [1.54, 1.807) is 12.1 Å². The zero-order valence-electron chi connectivity index (χ0n) is 11.5. The van der Waals surface area contributed by atoms with Gasteiger partial charge in [-0.25, -0.2) is 8.42 Å². The fourth-order valence-corrected chi connectivity index (χ4v) is 3.02. The molecule has 5 heteroatoms. The van der Waals surface area contributed by atoms with Gasteiger partial charge < -0.3 is 10.6 Å². The molecule has 1 aromatic rings. The van der Waals surface area contributed by atoms with Crippen LogP contribution in [0.5, 0.6) is 0 Å². The summed E-state index contributed by atoms with van der Waals surface area (Å²) >= 11 is 0.